The molecule has 0 atom stereocenters. The molecule has 0 saturated carbocycles. The highest BCUT2D eigenvalue weighted by molar-refractivity contribution is 7.90. The van der Waals surface area contributed by atoms with E-state index < -0.39 is 32.8 Å². The molecule has 4 rings (SSSR count). The van der Waals surface area contributed by atoms with Crippen molar-refractivity contribution in [2.75, 3.05) is 26.0 Å². The van der Waals surface area contributed by atoms with Gasteiger partial charge in [-0.15, -0.1) is 0 Å². The van der Waals surface area contributed by atoms with Gasteiger partial charge in [0.2, 0.25) is 0 Å². The summed E-state index contributed by atoms with van der Waals surface area (Å²) in [5.41, 5.74) is 1.12. The Hall–Kier alpha value is -3.31. The van der Waals surface area contributed by atoms with Crippen LogP contribution in [0, 0.1) is 5.82 Å². The van der Waals surface area contributed by atoms with Crippen molar-refractivity contribution in [1.29, 1.82) is 0 Å². The van der Waals surface area contributed by atoms with E-state index in [0.29, 0.717) is 25.1 Å². The molecule has 4 aromatic rings. The molecule has 0 heterocycles. The number of sulfone groups is 1. The smallest absolute Gasteiger partial charge is 0.417 e. The summed E-state index contributed by atoms with van der Waals surface area (Å²) in [6.45, 7) is 0.977. The van der Waals surface area contributed by atoms with Crippen molar-refractivity contribution in [3.05, 3.63) is 130 Å². The standard InChI is InChI=1S/C33H34B2ClF4NO4S/c1-46(43,44)29-19-25(18-28(37)30(29)32(34,35)42)45-17-9-16-41(20-24-14-8-15-27(31(24)36)33(38,39)40)21-26(22-10-4-2-5-11-22)23-12-6-3-7-13-23/h2-8,10-15,18-19,26,42H,9,16-17,20-21,34-35H2,1H3. The van der Waals surface area contributed by atoms with Crippen LogP contribution in [0.25, 0.3) is 0 Å². The second kappa shape index (κ2) is 14.6. The summed E-state index contributed by atoms with van der Waals surface area (Å²) in [6, 6.07) is 25.6. The molecule has 0 unspecified atom stereocenters. The Morgan fingerprint density at radius 2 is 1.52 bits per heavy atom. The molecule has 4 aromatic carbocycles. The predicted molar refractivity (Wildman–Crippen MR) is 177 cm³/mol. The molecule has 0 spiro atoms. The van der Waals surface area contributed by atoms with Gasteiger partial charge in [0.05, 0.1) is 22.1 Å². The molecule has 46 heavy (non-hydrogen) atoms. The highest BCUT2D eigenvalue weighted by atomic mass is 35.5. The Labute approximate surface area is 273 Å². The summed E-state index contributed by atoms with van der Waals surface area (Å²) in [5.74, 6) is -1.06. The van der Waals surface area contributed by atoms with E-state index in [2.05, 4.69) is 0 Å². The number of hydrogen-bond donors (Lipinski definition) is 1. The van der Waals surface area contributed by atoms with Gasteiger partial charge in [-0.1, -0.05) is 84.4 Å². The summed E-state index contributed by atoms with van der Waals surface area (Å²) in [7, 11) is -1.31. The van der Waals surface area contributed by atoms with Gasteiger partial charge in [-0.3, -0.25) is 4.90 Å². The summed E-state index contributed by atoms with van der Waals surface area (Å²) in [4.78, 5) is 1.62. The van der Waals surface area contributed by atoms with Crippen molar-refractivity contribution in [3.8, 4) is 5.75 Å². The van der Waals surface area contributed by atoms with Gasteiger partial charge in [0.25, 0.3) is 0 Å². The third-order valence-corrected chi connectivity index (χ3v) is 9.12. The zero-order valence-electron chi connectivity index (χ0n) is 25.7. The fourth-order valence-corrected chi connectivity index (χ4v) is 6.78. The van der Waals surface area contributed by atoms with Crippen LogP contribution in [0.4, 0.5) is 17.6 Å². The highest BCUT2D eigenvalue weighted by Gasteiger charge is 2.34. The highest BCUT2D eigenvalue weighted by Crippen LogP contribution is 2.37. The van der Waals surface area contributed by atoms with Crippen LogP contribution in [-0.2, 0) is 28.0 Å². The molecule has 0 saturated heterocycles. The van der Waals surface area contributed by atoms with Crippen LogP contribution in [-0.4, -0.2) is 60.1 Å². The molecule has 13 heteroatoms. The van der Waals surface area contributed by atoms with Gasteiger partial charge in [0, 0.05) is 48.8 Å². The summed E-state index contributed by atoms with van der Waals surface area (Å²) >= 11 is 6.29. The SMILES string of the molecule is BC(B)(O)c1c(F)cc(OCCCN(Cc2cccc(C(F)(F)F)c2Cl)CC(c2ccccc2)c2ccccc2)cc1S(C)(=O)=O. The topological polar surface area (TPSA) is 66.8 Å². The second-order valence-corrected chi connectivity index (χ2v) is 14.1. The molecule has 0 aliphatic rings. The lowest BCUT2D eigenvalue weighted by molar-refractivity contribution is -0.137. The Morgan fingerprint density at radius 1 is 0.935 bits per heavy atom. The van der Waals surface area contributed by atoms with Gasteiger partial charge < -0.3 is 9.84 Å². The number of aliphatic hydroxyl groups is 1. The van der Waals surface area contributed by atoms with E-state index in [1.54, 1.807) is 6.07 Å². The number of alkyl halides is 3. The van der Waals surface area contributed by atoms with Gasteiger partial charge in [0.1, 0.15) is 27.3 Å². The molecule has 0 aromatic heterocycles. The molecular weight excluding hydrogens is 640 g/mol. The Bertz CT molecular complexity index is 1700. The van der Waals surface area contributed by atoms with Crippen molar-refractivity contribution in [2.45, 2.75) is 35.4 Å². The molecule has 0 amide bonds. The summed E-state index contributed by atoms with van der Waals surface area (Å²) in [6.07, 6.45) is -3.31. The predicted octanol–water partition coefficient (Wildman–Crippen LogP) is 5.37. The number of ether oxygens (including phenoxy) is 1. The summed E-state index contributed by atoms with van der Waals surface area (Å²) in [5, 5.41) is 8.29. The van der Waals surface area contributed by atoms with Crippen LogP contribution >= 0.6 is 11.6 Å². The number of halogens is 5. The minimum Gasteiger partial charge on any atom is -0.493 e. The first-order valence-electron chi connectivity index (χ1n) is 14.6. The van der Waals surface area contributed by atoms with Crippen molar-refractivity contribution < 1.29 is 35.8 Å². The fourth-order valence-electron chi connectivity index (χ4n) is 5.43. The van der Waals surface area contributed by atoms with Gasteiger partial charge in [0.15, 0.2) is 9.84 Å². The van der Waals surface area contributed by atoms with Gasteiger partial charge in [-0.2, -0.15) is 13.2 Å². The average molecular weight is 674 g/mol. The van der Waals surface area contributed by atoms with Crippen molar-refractivity contribution in [2.24, 2.45) is 0 Å². The first-order chi connectivity index (χ1) is 21.6. The number of hydrogen-bond acceptors (Lipinski definition) is 5. The lowest BCUT2D eigenvalue weighted by Crippen LogP contribution is -2.31. The maximum absolute atomic E-state index is 15.0. The Morgan fingerprint density at radius 3 is 2.04 bits per heavy atom. The zero-order chi connectivity index (χ0) is 33.7. The molecule has 0 aliphatic carbocycles. The normalized spacial score (nSPS) is 12.5. The van der Waals surface area contributed by atoms with Crippen LogP contribution in [0.5, 0.6) is 5.75 Å². The molecule has 0 radical (unpaired) electrons. The number of rotatable bonds is 13. The quantitative estimate of drug-likeness (QED) is 0.118. The van der Waals surface area contributed by atoms with E-state index in [0.717, 1.165) is 29.5 Å². The first kappa shape index (κ1) is 35.5. The molecule has 0 bridgehead atoms. The molecular formula is C33H34B2ClF4NO4S. The van der Waals surface area contributed by atoms with E-state index in [4.69, 9.17) is 16.3 Å². The maximum Gasteiger partial charge on any atom is 0.417 e. The molecule has 242 valence electrons. The molecule has 5 nitrogen and oxygen atoms in total. The van der Waals surface area contributed by atoms with Gasteiger partial charge in [-0.25, -0.2) is 12.8 Å². The minimum atomic E-state index is -4.61. The lowest BCUT2D eigenvalue weighted by Gasteiger charge is -2.29. The largest absolute Gasteiger partial charge is 0.493 e. The van der Waals surface area contributed by atoms with E-state index in [1.165, 1.54) is 27.8 Å². The summed E-state index contributed by atoms with van der Waals surface area (Å²) < 4.78 is 86.6. The zero-order valence-corrected chi connectivity index (χ0v) is 27.3. The van der Waals surface area contributed by atoms with Crippen LogP contribution in [0.15, 0.2) is 95.9 Å². The van der Waals surface area contributed by atoms with E-state index in [1.807, 2.05) is 65.6 Å². The Kier molecular flexibility index (Phi) is 11.3. The maximum atomic E-state index is 15.0. The van der Waals surface area contributed by atoms with E-state index in [9.17, 15) is 26.7 Å². The first-order valence-corrected chi connectivity index (χ1v) is 16.9. The third kappa shape index (κ3) is 9.15. The number of nitrogens with zero attached hydrogens (tertiary/aromatic N) is 1. The fraction of sp³-hybridized carbons (Fsp3) is 0.273. The molecule has 1 N–H and O–H groups in total. The van der Waals surface area contributed by atoms with Crippen molar-refractivity contribution in [1.82, 2.24) is 4.90 Å². The van der Waals surface area contributed by atoms with Crippen molar-refractivity contribution in [3.63, 3.8) is 0 Å². The average Bonchev–Trinajstić information content (AvgIpc) is 2.97. The van der Waals surface area contributed by atoms with Crippen LogP contribution in [0.3, 0.4) is 0 Å². The van der Waals surface area contributed by atoms with Crippen LogP contribution in [0.2, 0.25) is 5.02 Å². The second-order valence-electron chi connectivity index (χ2n) is 11.7. The third-order valence-electron chi connectivity index (χ3n) is 7.55. The Balaban J connectivity index is 1.60. The minimum absolute atomic E-state index is 0.0233. The molecule has 0 aliphatic heterocycles. The van der Waals surface area contributed by atoms with Crippen LogP contribution in [0.1, 0.15) is 40.2 Å². The van der Waals surface area contributed by atoms with E-state index in [-0.39, 0.29) is 40.3 Å². The molecule has 0 fully saturated rings. The van der Waals surface area contributed by atoms with Gasteiger partial charge in [-0.05, 0) is 35.2 Å². The lowest BCUT2D eigenvalue weighted by atomic mass is 9.61. The van der Waals surface area contributed by atoms with Crippen LogP contribution < -0.4 is 4.74 Å². The monoisotopic (exact) mass is 673 g/mol. The van der Waals surface area contributed by atoms with Crippen molar-refractivity contribution >= 4 is 37.1 Å². The van der Waals surface area contributed by atoms with E-state index >= 15 is 4.39 Å². The number of benzene rings is 4. The van der Waals surface area contributed by atoms with Gasteiger partial charge >= 0.3 is 6.18 Å².